The van der Waals surface area contributed by atoms with E-state index >= 15 is 0 Å². The number of rotatable bonds is 2. The molecular formula is C7H11NO3. The number of likely N-dealkylation sites (N-methyl/N-ethyl adjacent to an activating group) is 1. The molecule has 0 unspecified atom stereocenters. The first-order chi connectivity index (χ1) is 4.95. The van der Waals surface area contributed by atoms with Gasteiger partial charge >= 0.3 is 5.97 Å². The summed E-state index contributed by atoms with van der Waals surface area (Å²) in [6.45, 7) is 1.47. The molecule has 4 heteroatoms. The number of hydrogen-bond donors (Lipinski definition) is 1. The molecule has 0 aromatic rings. The van der Waals surface area contributed by atoms with Crippen molar-refractivity contribution in [2.45, 2.75) is 6.92 Å². The predicted octanol–water partition coefficient (Wildman–Crippen LogP) is 0.105. The van der Waals surface area contributed by atoms with Crippen molar-refractivity contribution >= 4 is 11.9 Å². The van der Waals surface area contributed by atoms with E-state index in [1.165, 1.54) is 11.8 Å². The van der Waals surface area contributed by atoms with E-state index in [0.29, 0.717) is 0 Å². The van der Waals surface area contributed by atoms with Crippen LogP contribution in [-0.2, 0) is 9.59 Å². The van der Waals surface area contributed by atoms with Gasteiger partial charge in [0.25, 0.3) is 0 Å². The average molecular weight is 157 g/mol. The molecule has 0 radical (unpaired) electrons. The first-order valence-corrected chi connectivity index (χ1v) is 3.08. The SMILES string of the molecule is CC(=CC(=O)O)C(=O)N(C)C. The van der Waals surface area contributed by atoms with Crippen LogP contribution < -0.4 is 0 Å². The van der Waals surface area contributed by atoms with Crippen LogP contribution >= 0.6 is 0 Å². The normalized spacial score (nSPS) is 11.0. The molecule has 11 heavy (non-hydrogen) atoms. The molecule has 0 aliphatic rings. The maximum absolute atomic E-state index is 11.0. The first-order valence-electron chi connectivity index (χ1n) is 3.08. The van der Waals surface area contributed by atoms with E-state index in [0.717, 1.165) is 6.08 Å². The Labute approximate surface area is 65.1 Å². The number of amides is 1. The van der Waals surface area contributed by atoms with Gasteiger partial charge in [-0.25, -0.2) is 4.79 Å². The molecule has 62 valence electrons. The Bertz CT molecular complexity index is 206. The van der Waals surface area contributed by atoms with E-state index in [-0.39, 0.29) is 11.5 Å². The highest BCUT2D eigenvalue weighted by Gasteiger charge is 2.06. The Morgan fingerprint density at radius 2 is 1.82 bits per heavy atom. The summed E-state index contributed by atoms with van der Waals surface area (Å²) >= 11 is 0. The monoisotopic (exact) mass is 157 g/mol. The Balaban J connectivity index is 4.36. The van der Waals surface area contributed by atoms with Crippen molar-refractivity contribution in [3.63, 3.8) is 0 Å². The van der Waals surface area contributed by atoms with Crippen molar-refractivity contribution in [3.05, 3.63) is 11.6 Å². The van der Waals surface area contributed by atoms with Crippen LogP contribution in [0.2, 0.25) is 0 Å². The minimum Gasteiger partial charge on any atom is -0.478 e. The molecule has 0 atom stereocenters. The average Bonchev–Trinajstić information content (AvgIpc) is 1.84. The zero-order chi connectivity index (χ0) is 9.02. The van der Waals surface area contributed by atoms with Gasteiger partial charge in [0.15, 0.2) is 0 Å². The molecule has 0 aliphatic carbocycles. The smallest absolute Gasteiger partial charge is 0.328 e. The maximum Gasteiger partial charge on any atom is 0.328 e. The Kier molecular flexibility index (Phi) is 3.30. The lowest BCUT2D eigenvalue weighted by Gasteiger charge is -2.08. The molecule has 4 nitrogen and oxygen atoms in total. The van der Waals surface area contributed by atoms with Crippen molar-refractivity contribution in [1.29, 1.82) is 0 Å². The second kappa shape index (κ2) is 3.75. The molecule has 0 bridgehead atoms. The Morgan fingerprint density at radius 3 is 2.09 bits per heavy atom. The topological polar surface area (TPSA) is 57.6 Å². The van der Waals surface area contributed by atoms with Crippen LogP contribution in [0.25, 0.3) is 0 Å². The van der Waals surface area contributed by atoms with E-state index in [4.69, 9.17) is 5.11 Å². The highest BCUT2D eigenvalue weighted by Crippen LogP contribution is 1.95. The zero-order valence-electron chi connectivity index (χ0n) is 6.79. The minimum absolute atomic E-state index is 0.225. The number of hydrogen-bond acceptors (Lipinski definition) is 2. The third-order valence-electron chi connectivity index (χ3n) is 1.08. The summed E-state index contributed by atoms with van der Waals surface area (Å²) in [6.07, 6.45) is 0.891. The summed E-state index contributed by atoms with van der Waals surface area (Å²) < 4.78 is 0. The van der Waals surface area contributed by atoms with Gasteiger partial charge in [0, 0.05) is 25.7 Å². The van der Waals surface area contributed by atoms with Gasteiger partial charge in [-0.15, -0.1) is 0 Å². The second-order valence-electron chi connectivity index (χ2n) is 2.37. The molecule has 0 fully saturated rings. The predicted molar refractivity (Wildman–Crippen MR) is 40.1 cm³/mol. The summed E-state index contributed by atoms with van der Waals surface area (Å²) in [5, 5.41) is 8.27. The zero-order valence-corrected chi connectivity index (χ0v) is 6.79. The molecule has 1 amide bonds. The molecule has 0 saturated heterocycles. The third kappa shape index (κ3) is 3.40. The molecule has 0 aromatic heterocycles. The number of carbonyl (C=O) groups excluding carboxylic acids is 1. The van der Waals surface area contributed by atoms with E-state index < -0.39 is 5.97 Å². The fourth-order valence-corrected chi connectivity index (χ4v) is 0.600. The van der Waals surface area contributed by atoms with E-state index in [2.05, 4.69) is 0 Å². The summed E-state index contributed by atoms with van der Waals surface area (Å²) in [7, 11) is 3.14. The lowest BCUT2D eigenvalue weighted by molar-refractivity contribution is -0.132. The molecule has 0 spiro atoms. The van der Waals surface area contributed by atoms with Crippen LogP contribution in [0.3, 0.4) is 0 Å². The molecular weight excluding hydrogens is 146 g/mol. The van der Waals surface area contributed by atoms with Crippen LogP contribution in [0.15, 0.2) is 11.6 Å². The largest absolute Gasteiger partial charge is 0.478 e. The van der Waals surface area contributed by atoms with Crippen molar-refractivity contribution in [2.75, 3.05) is 14.1 Å². The van der Waals surface area contributed by atoms with Crippen molar-refractivity contribution < 1.29 is 14.7 Å². The minimum atomic E-state index is -1.10. The number of carboxylic acid groups (broad SMARTS) is 1. The van der Waals surface area contributed by atoms with Gasteiger partial charge in [0.1, 0.15) is 0 Å². The van der Waals surface area contributed by atoms with Crippen molar-refractivity contribution in [3.8, 4) is 0 Å². The lowest BCUT2D eigenvalue weighted by Crippen LogP contribution is -2.22. The van der Waals surface area contributed by atoms with Crippen LogP contribution in [0.4, 0.5) is 0 Å². The molecule has 0 aliphatic heterocycles. The third-order valence-corrected chi connectivity index (χ3v) is 1.08. The maximum atomic E-state index is 11.0. The standard InChI is InChI=1S/C7H11NO3/c1-5(4-6(9)10)7(11)8(2)3/h4H,1-3H3,(H,9,10). The lowest BCUT2D eigenvalue weighted by atomic mass is 10.2. The first kappa shape index (κ1) is 9.68. The van der Waals surface area contributed by atoms with Gasteiger partial charge in [-0.05, 0) is 6.92 Å². The fraction of sp³-hybridized carbons (Fsp3) is 0.429. The van der Waals surface area contributed by atoms with Crippen molar-refractivity contribution in [1.82, 2.24) is 4.90 Å². The number of carbonyl (C=O) groups is 2. The van der Waals surface area contributed by atoms with Crippen LogP contribution in [0.1, 0.15) is 6.92 Å². The Morgan fingerprint density at radius 1 is 1.36 bits per heavy atom. The molecule has 1 N–H and O–H groups in total. The number of aliphatic carboxylic acids is 1. The fourth-order valence-electron chi connectivity index (χ4n) is 0.600. The molecule has 0 saturated carbocycles. The molecule has 0 heterocycles. The summed E-state index contributed by atoms with van der Waals surface area (Å²) in [5.74, 6) is -1.38. The Hall–Kier alpha value is -1.32. The van der Waals surface area contributed by atoms with Gasteiger partial charge in [-0.2, -0.15) is 0 Å². The summed E-state index contributed by atoms with van der Waals surface area (Å²) in [4.78, 5) is 22.4. The summed E-state index contributed by atoms with van der Waals surface area (Å²) in [5.41, 5.74) is 0.225. The van der Waals surface area contributed by atoms with Gasteiger partial charge in [0.05, 0.1) is 0 Å². The van der Waals surface area contributed by atoms with E-state index in [9.17, 15) is 9.59 Å². The number of carboxylic acids is 1. The van der Waals surface area contributed by atoms with Gasteiger partial charge < -0.3 is 10.0 Å². The summed E-state index contributed by atoms with van der Waals surface area (Å²) in [6, 6.07) is 0. The molecule has 0 aromatic carbocycles. The highest BCUT2D eigenvalue weighted by molar-refractivity contribution is 5.98. The van der Waals surface area contributed by atoms with Crippen LogP contribution in [-0.4, -0.2) is 36.0 Å². The number of nitrogens with zero attached hydrogens (tertiary/aromatic N) is 1. The highest BCUT2D eigenvalue weighted by atomic mass is 16.4. The second-order valence-corrected chi connectivity index (χ2v) is 2.37. The van der Waals surface area contributed by atoms with E-state index in [1.807, 2.05) is 0 Å². The quantitative estimate of drug-likeness (QED) is 0.578. The molecule has 0 rings (SSSR count). The van der Waals surface area contributed by atoms with Crippen LogP contribution in [0.5, 0.6) is 0 Å². The van der Waals surface area contributed by atoms with Gasteiger partial charge in [0.2, 0.25) is 5.91 Å². The van der Waals surface area contributed by atoms with Gasteiger partial charge in [-0.1, -0.05) is 0 Å². The van der Waals surface area contributed by atoms with Crippen molar-refractivity contribution in [2.24, 2.45) is 0 Å². The van der Waals surface area contributed by atoms with Crippen LogP contribution in [0, 0.1) is 0 Å². The van der Waals surface area contributed by atoms with Gasteiger partial charge in [-0.3, -0.25) is 4.79 Å². The van der Waals surface area contributed by atoms with E-state index in [1.54, 1.807) is 14.1 Å².